The zero-order valence-corrected chi connectivity index (χ0v) is 38.7. The quantitative estimate of drug-likeness (QED) is 0.0196. The maximum absolute atomic E-state index is 12.7. The Balaban J connectivity index is 4.31. The van der Waals surface area contributed by atoms with Crippen LogP contribution in [0.25, 0.3) is 0 Å². The van der Waals surface area contributed by atoms with Crippen molar-refractivity contribution in [3.8, 4) is 0 Å². The number of allylic oxidation sites excluding steroid dienone is 4. The third kappa shape index (κ3) is 43.9. The summed E-state index contributed by atoms with van der Waals surface area (Å²) in [6.45, 7) is 4.22. The summed E-state index contributed by atoms with van der Waals surface area (Å²) in [5.41, 5.74) is 0. The van der Waals surface area contributed by atoms with Crippen LogP contribution in [0.5, 0.6) is 0 Å². The fourth-order valence-corrected chi connectivity index (χ4v) is 7.24. The molecule has 0 saturated carbocycles. The molecule has 0 fully saturated rings. The number of hydrogen-bond donors (Lipinski definition) is 0. The van der Waals surface area contributed by atoms with Gasteiger partial charge >= 0.3 is 11.9 Å². The molecule has 0 aliphatic rings. The Bertz CT molecular complexity index is 1030. The van der Waals surface area contributed by atoms with Crippen LogP contribution in [0.3, 0.4) is 0 Å². The molecule has 0 aromatic carbocycles. The highest BCUT2D eigenvalue weighted by molar-refractivity contribution is 7.45. The lowest BCUT2D eigenvalue weighted by Crippen LogP contribution is -2.37. The summed E-state index contributed by atoms with van der Waals surface area (Å²) >= 11 is 0. The van der Waals surface area contributed by atoms with Gasteiger partial charge in [-0.05, 0) is 44.9 Å². The zero-order valence-electron chi connectivity index (χ0n) is 37.8. The van der Waals surface area contributed by atoms with Gasteiger partial charge in [0, 0.05) is 12.8 Å². The maximum Gasteiger partial charge on any atom is 0.306 e. The first-order valence-corrected chi connectivity index (χ1v) is 25.0. The molecule has 0 aromatic rings. The first kappa shape index (κ1) is 55.5. The minimum atomic E-state index is -4.62. The van der Waals surface area contributed by atoms with Crippen molar-refractivity contribution in [1.29, 1.82) is 0 Å². The zero-order chi connectivity index (χ0) is 42.1. The van der Waals surface area contributed by atoms with E-state index < -0.39 is 26.5 Å². The van der Waals surface area contributed by atoms with Crippen LogP contribution in [0.1, 0.15) is 213 Å². The molecule has 9 nitrogen and oxygen atoms in total. The summed E-state index contributed by atoms with van der Waals surface area (Å²) in [6.07, 6.45) is 43.4. The van der Waals surface area contributed by atoms with Crippen molar-refractivity contribution in [1.82, 2.24) is 0 Å². The van der Waals surface area contributed by atoms with Gasteiger partial charge in [0.2, 0.25) is 0 Å². The number of carbonyl (C=O) groups excluding carboxylic acids is 2. The Morgan fingerprint density at radius 3 is 1.42 bits per heavy atom. The Morgan fingerprint density at radius 1 is 0.544 bits per heavy atom. The number of phosphoric ester groups is 1. The van der Waals surface area contributed by atoms with Gasteiger partial charge < -0.3 is 27.9 Å². The van der Waals surface area contributed by atoms with Crippen LogP contribution in [0.2, 0.25) is 0 Å². The topological polar surface area (TPSA) is 111 Å². The van der Waals surface area contributed by atoms with Crippen molar-refractivity contribution in [3.63, 3.8) is 0 Å². The van der Waals surface area contributed by atoms with Crippen molar-refractivity contribution >= 4 is 19.8 Å². The molecule has 0 aromatic heterocycles. The fraction of sp³-hybridized carbons (Fsp3) is 0.872. The van der Waals surface area contributed by atoms with E-state index >= 15 is 0 Å². The van der Waals surface area contributed by atoms with E-state index in [0.29, 0.717) is 17.4 Å². The number of rotatable bonds is 43. The van der Waals surface area contributed by atoms with E-state index in [1.54, 1.807) is 0 Å². The average molecular weight is 828 g/mol. The Hall–Kier alpha value is -1.51. The first-order valence-electron chi connectivity index (χ1n) is 23.5. The predicted molar refractivity (Wildman–Crippen MR) is 236 cm³/mol. The second-order valence-corrected chi connectivity index (χ2v) is 18.5. The van der Waals surface area contributed by atoms with Gasteiger partial charge in [0.05, 0.1) is 27.7 Å². The van der Waals surface area contributed by atoms with Crippen LogP contribution in [0, 0.1) is 0 Å². The molecule has 0 rings (SSSR count). The first-order chi connectivity index (χ1) is 27.5. The molecule has 0 amide bonds. The molecule has 336 valence electrons. The monoisotopic (exact) mass is 828 g/mol. The van der Waals surface area contributed by atoms with Crippen molar-refractivity contribution in [2.75, 3.05) is 47.5 Å². The summed E-state index contributed by atoms with van der Waals surface area (Å²) in [5, 5.41) is 0. The predicted octanol–water partition coefficient (Wildman–Crippen LogP) is 12.9. The molecule has 0 spiro atoms. The number of nitrogens with zero attached hydrogens (tertiary/aromatic N) is 1. The highest BCUT2D eigenvalue weighted by Crippen LogP contribution is 2.38. The van der Waals surface area contributed by atoms with Gasteiger partial charge in [0.1, 0.15) is 19.8 Å². The number of phosphoric acid groups is 1. The van der Waals surface area contributed by atoms with Crippen LogP contribution in [-0.2, 0) is 32.7 Å². The normalized spacial score (nSPS) is 13.7. The largest absolute Gasteiger partial charge is 0.756 e. The standard InChI is InChI=1S/C47H90NO8P/c1-6-8-10-12-14-16-18-20-22-24-26-27-29-31-33-35-37-39-46(49)53-43-45(44-55-57(51,52)54-42-41-48(3,4)5)56-47(50)40-38-36-34-32-30-28-25-23-21-19-17-15-13-11-9-7-2/h14,16,20,22,45H,6-13,15,17-19,21,23-44H2,1-5H3/b16-14+,22-20+/t45-/m1/s1. The molecular weight excluding hydrogens is 737 g/mol. The van der Waals surface area contributed by atoms with Crippen molar-refractivity contribution in [2.24, 2.45) is 0 Å². The number of quaternary nitrogens is 1. The number of likely N-dealkylation sites (N-methyl/N-ethyl adjacent to an activating group) is 1. The number of hydrogen-bond acceptors (Lipinski definition) is 8. The fourth-order valence-electron chi connectivity index (χ4n) is 6.51. The molecule has 0 saturated heterocycles. The van der Waals surface area contributed by atoms with E-state index in [1.807, 2.05) is 21.1 Å². The number of unbranched alkanes of at least 4 members (excludes halogenated alkanes) is 25. The van der Waals surface area contributed by atoms with Gasteiger partial charge in [0.15, 0.2) is 6.10 Å². The van der Waals surface area contributed by atoms with Gasteiger partial charge in [0.25, 0.3) is 7.82 Å². The van der Waals surface area contributed by atoms with E-state index in [2.05, 4.69) is 38.2 Å². The average Bonchev–Trinajstić information content (AvgIpc) is 3.16. The van der Waals surface area contributed by atoms with Crippen LogP contribution in [-0.4, -0.2) is 70.0 Å². The second kappa shape index (κ2) is 39.9. The molecule has 0 aliphatic heterocycles. The third-order valence-electron chi connectivity index (χ3n) is 10.2. The minimum absolute atomic E-state index is 0.0301. The Morgan fingerprint density at radius 2 is 0.947 bits per heavy atom. The summed E-state index contributed by atoms with van der Waals surface area (Å²) in [6, 6.07) is 0. The van der Waals surface area contributed by atoms with E-state index in [0.717, 1.165) is 51.4 Å². The number of esters is 2. The molecule has 10 heteroatoms. The van der Waals surface area contributed by atoms with Crippen molar-refractivity contribution < 1.29 is 42.1 Å². The summed E-state index contributed by atoms with van der Waals surface area (Å²) < 4.78 is 34.0. The molecule has 2 atom stereocenters. The smallest absolute Gasteiger partial charge is 0.306 e. The summed E-state index contributed by atoms with van der Waals surface area (Å²) in [5.74, 6) is -0.834. The lowest BCUT2D eigenvalue weighted by atomic mass is 10.0. The number of ether oxygens (including phenoxy) is 2. The molecule has 0 heterocycles. The highest BCUT2D eigenvalue weighted by Gasteiger charge is 2.21. The van der Waals surface area contributed by atoms with E-state index in [1.165, 1.54) is 128 Å². The highest BCUT2D eigenvalue weighted by atomic mass is 31.2. The van der Waals surface area contributed by atoms with Crippen LogP contribution < -0.4 is 4.89 Å². The van der Waals surface area contributed by atoms with Crippen molar-refractivity contribution in [3.05, 3.63) is 24.3 Å². The van der Waals surface area contributed by atoms with Crippen molar-refractivity contribution in [2.45, 2.75) is 219 Å². The van der Waals surface area contributed by atoms with Gasteiger partial charge in [-0.3, -0.25) is 14.2 Å². The Labute approximate surface area is 351 Å². The molecule has 0 radical (unpaired) electrons. The SMILES string of the molecule is CCCCC/C=C/C/C=C/CCCCCCCCCC(=O)OC[C@H](COP(=O)([O-])OCC[N+](C)(C)C)OC(=O)CCCCCCCCCCCCCCCCCC. The summed E-state index contributed by atoms with van der Waals surface area (Å²) in [7, 11) is 1.17. The lowest BCUT2D eigenvalue weighted by molar-refractivity contribution is -0.870. The van der Waals surface area contributed by atoms with Gasteiger partial charge in [-0.15, -0.1) is 0 Å². The van der Waals surface area contributed by atoms with E-state index in [-0.39, 0.29) is 32.0 Å². The van der Waals surface area contributed by atoms with Crippen LogP contribution >= 0.6 is 7.82 Å². The lowest BCUT2D eigenvalue weighted by Gasteiger charge is -2.28. The van der Waals surface area contributed by atoms with Crippen LogP contribution in [0.4, 0.5) is 0 Å². The molecule has 57 heavy (non-hydrogen) atoms. The molecule has 0 aliphatic carbocycles. The second-order valence-electron chi connectivity index (χ2n) is 17.1. The molecule has 0 N–H and O–H groups in total. The molecular formula is C47H90NO8P. The molecule has 1 unspecified atom stereocenters. The minimum Gasteiger partial charge on any atom is -0.756 e. The van der Waals surface area contributed by atoms with Crippen LogP contribution in [0.15, 0.2) is 24.3 Å². The van der Waals surface area contributed by atoms with Gasteiger partial charge in [-0.1, -0.05) is 179 Å². The number of carbonyl (C=O) groups is 2. The van der Waals surface area contributed by atoms with E-state index in [4.69, 9.17) is 18.5 Å². The Kier molecular flexibility index (Phi) is 38.9. The molecule has 0 bridgehead atoms. The summed E-state index contributed by atoms with van der Waals surface area (Å²) in [4.78, 5) is 37.6. The third-order valence-corrected chi connectivity index (χ3v) is 11.2. The van der Waals surface area contributed by atoms with Gasteiger partial charge in [-0.25, -0.2) is 0 Å². The van der Waals surface area contributed by atoms with E-state index in [9.17, 15) is 19.0 Å². The maximum atomic E-state index is 12.7. The van der Waals surface area contributed by atoms with Gasteiger partial charge in [-0.2, -0.15) is 0 Å².